The van der Waals surface area contributed by atoms with Gasteiger partial charge in [-0.05, 0) is 13.8 Å². The van der Waals surface area contributed by atoms with E-state index in [0.717, 1.165) is 0 Å². The third kappa shape index (κ3) is 2.85. The molecule has 4 N–H and O–H groups in total. The molecule has 0 bridgehead atoms. The van der Waals surface area contributed by atoms with Crippen molar-refractivity contribution < 1.29 is 23.1 Å². The summed E-state index contributed by atoms with van der Waals surface area (Å²) < 4.78 is 36.6. The number of halogens is 3. The number of aliphatic hydroxyl groups is 1. The van der Waals surface area contributed by atoms with Gasteiger partial charge in [0.2, 0.25) is 5.91 Å². The first-order valence-electron chi connectivity index (χ1n) is 3.90. The summed E-state index contributed by atoms with van der Waals surface area (Å²) in [6.45, 7) is 1.50. The molecule has 0 radical (unpaired) electrons. The molecular weight excluding hydrogens is 201 g/mol. The van der Waals surface area contributed by atoms with Crippen LogP contribution in [-0.4, -0.2) is 35.4 Å². The molecule has 0 saturated heterocycles. The second kappa shape index (κ2) is 4.14. The van der Waals surface area contributed by atoms with Crippen LogP contribution in [-0.2, 0) is 4.79 Å². The van der Waals surface area contributed by atoms with Crippen LogP contribution in [0.2, 0.25) is 0 Å². The van der Waals surface area contributed by atoms with E-state index in [1.54, 1.807) is 0 Å². The fraction of sp³-hybridized carbons (Fsp3) is 0.857. The highest BCUT2D eigenvalue weighted by Crippen LogP contribution is 2.27. The third-order valence-corrected chi connectivity index (χ3v) is 1.71. The van der Waals surface area contributed by atoms with Crippen LogP contribution in [0.25, 0.3) is 0 Å². The zero-order chi connectivity index (χ0) is 11.6. The maximum absolute atomic E-state index is 12.2. The Morgan fingerprint density at radius 3 is 2.29 bits per heavy atom. The average Bonchev–Trinajstić information content (AvgIpc) is 2.01. The highest BCUT2D eigenvalue weighted by Gasteiger charge is 2.54. The summed E-state index contributed by atoms with van der Waals surface area (Å²) in [4.78, 5) is 11.0. The van der Waals surface area contributed by atoms with Crippen molar-refractivity contribution in [1.82, 2.24) is 5.32 Å². The molecular formula is C7H13F3N2O2. The second-order valence-electron chi connectivity index (χ2n) is 3.26. The molecule has 0 aliphatic rings. The minimum absolute atomic E-state index is 0.445. The molecule has 0 saturated carbocycles. The fourth-order valence-corrected chi connectivity index (χ4v) is 0.548. The van der Waals surface area contributed by atoms with E-state index in [-0.39, 0.29) is 0 Å². The largest absolute Gasteiger partial charge is 0.415 e. The highest BCUT2D eigenvalue weighted by molar-refractivity contribution is 5.86. The Balaban J connectivity index is 4.53. The van der Waals surface area contributed by atoms with Gasteiger partial charge in [0.1, 0.15) is 0 Å². The molecule has 1 unspecified atom stereocenters. The molecule has 0 aromatic rings. The molecule has 0 aliphatic heterocycles. The minimum Gasteiger partial charge on any atom is -0.394 e. The van der Waals surface area contributed by atoms with E-state index in [1.165, 1.54) is 6.92 Å². The zero-order valence-electron chi connectivity index (χ0n) is 7.85. The van der Waals surface area contributed by atoms with Crippen LogP contribution >= 0.6 is 0 Å². The van der Waals surface area contributed by atoms with Gasteiger partial charge >= 0.3 is 6.18 Å². The summed E-state index contributed by atoms with van der Waals surface area (Å²) in [6.07, 6.45) is -4.81. The number of alkyl halides is 3. The summed E-state index contributed by atoms with van der Waals surface area (Å²) in [6, 6.07) is -0.757. The molecule has 0 aromatic heterocycles. The van der Waals surface area contributed by atoms with Gasteiger partial charge in [-0.2, -0.15) is 13.2 Å². The quantitative estimate of drug-likeness (QED) is 0.607. The van der Waals surface area contributed by atoms with Crippen molar-refractivity contribution in [2.24, 2.45) is 5.73 Å². The number of hydrogen-bond acceptors (Lipinski definition) is 3. The zero-order valence-corrected chi connectivity index (χ0v) is 7.85. The van der Waals surface area contributed by atoms with Crippen LogP contribution in [0.3, 0.4) is 0 Å². The van der Waals surface area contributed by atoms with Gasteiger partial charge in [0.05, 0.1) is 6.61 Å². The number of nitrogens with two attached hydrogens (primary N) is 1. The topological polar surface area (TPSA) is 75.3 Å². The lowest BCUT2D eigenvalue weighted by Gasteiger charge is -2.27. The second-order valence-corrected chi connectivity index (χ2v) is 3.26. The Bertz CT molecular complexity index is 215. The van der Waals surface area contributed by atoms with E-state index in [1.807, 2.05) is 5.32 Å². The first-order chi connectivity index (χ1) is 6.13. The third-order valence-electron chi connectivity index (χ3n) is 1.71. The molecule has 4 nitrogen and oxygen atoms in total. The van der Waals surface area contributed by atoms with E-state index in [2.05, 4.69) is 0 Å². The molecule has 2 atom stereocenters. The minimum atomic E-state index is -4.81. The first kappa shape index (κ1) is 13.2. The molecule has 7 heteroatoms. The number of hydrogen-bond donors (Lipinski definition) is 3. The van der Waals surface area contributed by atoms with Crippen molar-refractivity contribution in [3.05, 3.63) is 0 Å². The van der Waals surface area contributed by atoms with Crippen molar-refractivity contribution in [2.45, 2.75) is 31.6 Å². The fourth-order valence-electron chi connectivity index (χ4n) is 0.548. The Labute approximate surface area is 79.3 Å². The molecule has 0 rings (SSSR count). The number of amides is 1. The normalized spacial score (nSPS) is 18.5. The Kier molecular flexibility index (Phi) is 3.90. The molecule has 14 heavy (non-hydrogen) atoms. The summed E-state index contributed by atoms with van der Waals surface area (Å²) in [7, 11) is 0. The van der Waals surface area contributed by atoms with Crippen molar-refractivity contribution >= 4 is 5.91 Å². The van der Waals surface area contributed by atoms with Gasteiger partial charge in [0.15, 0.2) is 5.54 Å². The Hall–Kier alpha value is -0.820. The summed E-state index contributed by atoms with van der Waals surface area (Å²) in [5, 5.41) is 10.5. The van der Waals surface area contributed by atoms with Gasteiger partial charge in [-0.15, -0.1) is 0 Å². The van der Waals surface area contributed by atoms with Crippen molar-refractivity contribution in [1.29, 1.82) is 0 Å². The summed E-state index contributed by atoms with van der Waals surface area (Å²) >= 11 is 0. The molecule has 0 heterocycles. The average molecular weight is 214 g/mol. The lowest BCUT2D eigenvalue weighted by atomic mass is 10.0. The summed E-state index contributed by atoms with van der Waals surface area (Å²) in [5.74, 6) is -1.36. The van der Waals surface area contributed by atoms with Crippen molar-refractivity contribution in [3.8, 4) is 0 Å². The molecule has 1 amide bonds. The molecule has 0 aliphatic carbocycles. The maximum atomic E-state index is 12.2. The molecule has 0 aromatic carbocycles. The smallest absolute Gasteiger partial charge is 0.394 e. The van der Waals surface area contributed by atoms with Crippen LogP contribution in [0.5, 0.6) is 0 Å². The van der Waals surface area contributed by atoms with E-state index in [4.69, 9.17) is 10.8 Å². The van der Waals surface area contributed by atoms with Gasteiger partial charge in [0, 0.05) is 6.04 Å². The van der Waals surface area contributed by atoms with E-state index < -0.39 is 30.3 Å². The SMILES string of the molecule is C[C@H](CO)NC(=O)C(C)(N)C(F)(F)F. The monoisotopic (exact) mass is 214 g/mol. The molecule has 0 fully saturated rings. The van der Waals surface area contributed by atoms with Crippen LogP contribution in [0.4, 0.5) is 13.2 Å². The number of rotatable bonds is 3. The summed E-state index contributed by atoms with van der Waals surface area (Å²) in [5.41, 5.74) is 1.89. The van der Waals surface area contributed by atoms with E-state index in [0.29, 0.717) is 6.92 Å². The number of nitrogens with one attached hydrogen (secondary N) is 1. The standard InChI is InChI=1S/C7H13F3N2O2/c1-4(3-13)12-5(14)6(2,11)7(8,9)10/h4,13H,3,11H2,1-2H3,(H,12,14)/t4-,6?/m1/s1. The van der Waals surface area contributed by atoms with E-state index in [9.17, 15) is 18.0 Å². The lowest BCUT2D eigenvalue weighted by Crippen LogP contribution is -2.62. The van der Waals surface area contributed by atoms with Crippen LogP contribution in [0.15, 0.2) is 0 Å². The number of carbonyl (C=O) groups is 1. The van der Waals surface area contributed by atoms with Crippen LogP contribution in [0, 0.1) is 0 Å². The highest BCUT2D eigenvalue weighted by atomic mass is 19.4. The van der Waals surface area contributed by atoms with Crippen LogP contribution in [0.1, 0.15) is 13.8 Å². The predicted molar refractivity (Wildman–Crippen MR) is 43.3 cm³/mol. The van der Waals surface area contributed by atoms with Gasteiger partial charge in [0.25, 0.3) is 0 Å². The van der Waals surface area contributed by atoms with Crippen molar-refractivity contribution in [2.75, 3.05) is 6.61 Å². The van der Waals surface area contributed by atoms with Crippen LogP contribution < -0.4 is 11.1 Å². The van der Waals surface area contributed by atoms with Gasteiger partial charge in [-0.25, -0.2) is 0 Å². The maximum Gasteiger partial charge on any atom is 0.415 e. The predicted octanol–water partition coefficient (Wildman–Crippen LogP) is -0.237. The molecule has 84 valence electrons. The first-order valence-corrected chi connectivity index (χ1v) is 3.90. The Morgan fingerprint density at radius 2 is 2.00 bits per heavy atom. The van der Waals surface area contributed by atoms with E-state index >= 15 is 0 Å². The lowest BCUT2D eigenvalue weighted by molar-refractivity contribution is -0.187. The van der Waals surface area contributed by atoms with Crippen molar-refractivity contribution in [3.63, 3.8) is 0 Å². The number of aliphatic hydroxyl groups excluding tert-OH is 1. The Morgan fingerprint density at radius 1 is 1.57 bits per heavy atom. The van der Waals surface area contributed by atoms with Gasteiger partial charge < -0.3 is 16.2 Å². The van der Waals surface area contributed by atoms with Gasteiger partial charge in [-0.3, -0.25) is 4.79 Å². The molecule has 0 spiro atoms. The number of carbonyl (C=O) groups excluding carboxylic acids is 1. The van der Waals surface area contributed by atoms with Gasteiger partial charge in [-0.1, -0.05) is 0 Å².